The van der Waals surface area contributed by atoms with Gasteiger partial charge in [-0.1, -0.05) is 19.9 Å². The van der Waals surface area contributed by atoms with Crippen molar-refractivity contribution in [2.24, 2.45) is 11.1 Å². The summed E-state index contributed by atoms with van der Waals surface area (Å²) in [5.41, 5.74) is 8.32. The molecule has 2 nitrogen and oxygen atoms in total. The van der Waals surface area contributed by atoms with Crippen molar-refractivity contribution in [2.45, 2.75) is 45.4 Å². The van der Waals surface area contributed by atoms with Crippen molar-refractivity contribution in [2.75, 3.05) is 12.3 Å². The Kier molecular flexibility index (Phi) is 5.54. The quantitative estimate of drug-likeness (QED) is 0.860. The lowest BCUT2D eigenvalue weighted by atomic mass is 9.88. The van der Waals surface area contributed by atoms with Crippen molar-refractivity contribution in [1.29, 1.82) is 0 Å². The maximum Gasteiger partial charge on any atom is 0.0529 e. The number of rotatable bonds is 6. The molecule has 2 N–H and O–H groups in total. The number of hydrogen-bond donors (Lipinski definition) is 1. The van der Waals surface area contributed by atoms with Crippen LogP contribution in [0.5, 0.6) is 0 Å². The van der Waals surface area contributed by atoms with Gasteiger partial charge in [-0.05, 0) is 61.9 Å². The van der Waals surface area contributed by atoms with E-state index in [1.54, 1.807) is 0 Å². The number of aryl methyl sites for hydroxylation is 2. The Bertz CT molecular complexity index is 427. The summed E-state index contributed by atoms with van der Waals surface area (Å²) in [6.07, 6.45) is 1.99. The minimum Gasteiger partial charge on any atom is -0.330 e. The van der Waals surface area contributed by atoms with Gasteiger partial charge in [-0.2, -0.15) is 0 Å². The largest absolute Gasteiger partial charge is 0.330 e. The maximum atomic E-state index is 12.2. The molecule has 0 aliphatic carbocycles. The number of hydrogen-bond acceptors (Lipinski definition) is 2. The first-order valence-electron chi connectivity index (χ1n) is 6.51. The Morgan fingerprint density at radius 2 is 1.89 bits per heavy atom. The Balaban J connectivity index is 2.53. The van der Waals surface area contributed by atoms with Crippen molar-refractivity contribution in [3.63, 3.8) is 0 Å². The Morgan fingerprint density at radius 3 is 2.44 bits per heavy atom. The second kappa shape index (κ2) is 6.48. The van der Waals surface area contributed by atoms with E-state index in [4.69, 9.17) is 5.73 Å². The first kappa shape index (κ1) is 15.4. The fourth-order valence-corrected chi connectivity index (χ4v) is 2.93. The Morgan fingerprint density at radius 1 is 1.22 bits per heavy atom. The van der Waals surface area contributed by atoms with Gasteiger partial charge in [0.1, 0.15) is 0 Å². The van der Waals surface area contributed by atoms with Crippen LogP contribution in [0.15, 0.2) is 23.1 Å². The molecule has 0 saturated carbocycles. The van der Waals surface area contributed by atoms with Crippen molar-refractivity contribution >= 4 is 10.8 Å². The van der Waals surface area contributed by atoms with Gasteiger partial charge in [0.2, 0.25) is 0 Å². The summed E-state index contributed by atoms with van der Waals surface area (Å²) in [6, 6.07) is 6.07. The second-order valence-electron chi connectivity index (χ2n) is 5.77. The predicted molar refractivity (Wildman–Crippen MR) is 79.3 cm³/mol. The maximum absolute atomic E-state index is 12.2. The summed E-state index contributed by atoms with van der Waals surface area (Å²) in [5.74, 6) is 0.728. The van der Waals surface area contributed by atoms with Gasteiger partial charge < -0.3 is 5.73 Å². The highest BCUT2D eigenvalue weighted by atomic mass is 32.2. The Labute approximate surface area is 113 Å². The Hall–Kier alpha value is -0.670. The van der Waals surface area contributed by atoms with Crippen LogP contribution in [0.3, 0.4) is 0 Å². The van der Waals surface area contributed by atoms with Gasteiger partial charge in [0.15, 0.2) is 0 Å². The van der Waals surface area contributed by atoms with Gasteiger partial charge in [0.25, 0.3) is 0 Å². The zero-order chi connectivity index (χ0) is 13.8. The predicted octanol–water partition coefficient (Wildman–Crippen LogP) is 3.18. The molecule has 0 radical (unpaired) electrons. The second-order valence-corrected chi connectivity index (χ2v) is 7.34. The average Bonchev–Trinajstić information content (AvgIpc) is 2.32. The van der Waals surface area contributed by atoms with Crippen LogP contribution >= 0.6 is 0 Å². The zero-order valence-electron chi connectivity index (χ0n) is 12.0. The smallest absolute Gasteiger partial charge is 0.0529 e. The molecule has 1 atom stereocenters. The number of benzene rings is 1. The molecular formula is C15H25NOS. The first-order chi connectivity index (χ1) is 8.35. The minimum absolute atomic E-state index is 0.160. The van der Waals surface area contributed by atoms with E-state index in [1.807, 2.05) is 18.2 Å². The molecule has 102 valence electrons. The molecule has 0 aliphatic heterocycles. The van der Waals surface area contributed by atoms with E-state index in [0.717, 1.165) is 23.5 Å². The summed E-state index contributed by atoms with van der Waals surface area (Å²) in [4.78, 5) is 0.948. The molecular weight excluding hydrogens is 242 g/mol. The highest BCUT2D eigenvalue weighted by Gasteiger charge is 2.15. The van der Waals surface area contributed by atoms with Gasteiger partial charge in [0, 0.05) is 10.6 Å². The summed E-state index contributed by atoms with van der Waals surface area (Å²) in [5, 5.41) is 0. The van der Waals surface area contributed by atoms with Gasteiger partial charge in [-0.3, -0.25) is 4.21 Å². The normalized spacial score (nSPS) is 13.6. The molecule has 0 aliphatic rings. The van der Waals surface area contributed by atoms with Gasteiger partial charge in [0.05, 0.1) is 10.8 Å². The fourth-order valence-electron chi connectivity index (χ4n) is 1.76. The molecule has 0 saturated heterocycles. The molecule has 0 spiro atoms. The lowest BCUT2D eigenvalue weighted by Gasteiger charge is -2.21. The molecule has 0 bridgehead atoms. The van der Waals surface area contributed by atoms with Gasteiger partial charge in [-0.25, -0.2) is 0 Å². The van der Waals surface area contributed by atoms with Crippen LogP contribution in [0.2, 0.25) is 0 Å². The first-order valence-corrected chi connectivity index (χ1v) is 7.83. The van der Waals surface area contributed by atoms with E-state index in [0.29, 0.717) is 6.54 Å². The van der Waals surface area contributed by atoms with Crippen LogP contribution in [0.1, 0.15) is 37.8 Å². The summed E-state index contributed by atoms with van der Waals surface area (Å²) in [7, 11) is -0.879. The summed E-state index contributed by atoms with van der Waals surface area (Å²) in [6.45, 7) is 9.14. The van der Waals surface area contributed by atoms with E-state index in [2.05, 4.69) is 27.7 Å². The third-order valence-corrected chi connectivity index (χ3v) is 4.92. The average molecular weight is 267 g/mol. The molecule has 1 rings (SSSR count). The molecule has 0 fully saturated rings. The van der Waals surface area contributed by atoms with E-state index >= 15 is 0 Å². The molecule has 0 amide bonds. The SMILES string of the molecule is Cc1ccc(S(=O)CCCC(C)(C)CN)cc1C. The summed E-state index contributed by atoms with van der Waals surface area (Å²) >= 11 is 0. The van der Waals surface area contributed by atoms with Gasteiger partial charge >= 0.3 is 0 Å². The van der Waals surface area contributed by atoms with Crippen molar-refractivity contribution < 1.29 is 4.21 Å². The van der Waals surface area contributed by atoms with E-state index in [9.17, 15) is 4.21 Å². The van der Waals surface area contributed by atoms with Crippen molar-refractivity contribution in [3.05, 3.63) is 29.3 Å². The lowest BCUT2D eigenvalue weighted by molar-refractivity contribution is 0.344. The van der Waals surface area contributed by atoms with Crippen LogP contribution in [0.4, 0.5) is 0 Å². The summed E-state index contributed by atoms with van der Waals surface area (Å²) < 4.78 is 12.2. The third kappa shape index (κ3) is 4.54. The standard InChI is InChI=1S/C15H25NOS/c1-12-6-7-14(10-13(12)2)18(17)9-5-8-15(3,4)11-16/h6-7,10H,5,8-9,11,16H2,1-4H3. The highest BCUT2D eigenvalue weighted by Crippen LogP contribution is 2.21. The van der Waals surface area contributed by atoms with Crippen LogP contribution in [-0.2, 0) is 10.8 Å². The molecule has 0 aromatic heterocycles. The number of nitrogens with two attached hydrogens (primary N) is 1. The fraction of sp³-hybridized carbons (Fsp3) is 0.600. The van der Waals surface area contributed by atoms with Gasteiger partial charge in [-0.15, -0.1) is 0 Å². The van der Waals surface area contributed by atoms with Crippen molar-refractivity contribution in [3.8, 4) is 0 Å². The van der Waals surface area contributed by atoms with Crippen molar-refractivity contribution in [1.82, 2.24) is 0 Å². The molecule has 18 heavy (non-hydrogen) atoms. The minimum atomic E-state index is -0.879. The lowest BCUT2D eigenvalue weighted by Crippen LogP contribution is -2.23. The van der Waals surface area contributed by atoms with Crippen LogP contribution in [-0.4, -0.2) is 16.5 Å². The molecule has 3 heteroatoms. The molecule has 1 unspecified atom stereocenters. The topological polar surface area (TPSA) is 43.1 Å². The van der Waals surface area contributed by atoms with E-state index in [-0.39, 0.29) is 5.41 Å². The highest BCUT2D eigenvalue weighted by molar-refractivity contribution is 7.85. The van der Waals surface area contributed by atoms with Crippen LogP contribution in [0.25, 0.3) is 0 Å². The van der Waals surface area contributed by atoms with Crippen LogP contribution in [0, 0.1) is 19.3 Å². The molecule has 0 heterocycles. The van der Waals surface area contributed by atoms with E-state index < -0.39 is 10.8 Å². The molecule has 1 aromatic rings. The third-order valence-electron chi connectivity index (χ3n) is 3.48. The zero-order valence-corrected chi connectivity index (χ0v) is 12.8. The van der Waals surface area contributed by atoms with Crippen LogP contribution < -0.4 is 5.73 Å². The monoisotopic (exact) mass is 267 g/mol. The molecule has 1 aromatic carbocycles. The van der Waals surface area contributed by atoms with E-state index in [1.165, 1.54) is 11.1 Å².